The molecule has 1 heterocycles. The molecule has 0 aliphatic carbocycles. The van der Waals surface area contributed by atoms with Crippen LogP contribution in [-0.4, -0.2) is 11.5 Å². The van der Waals surface area contributed by atoms with Gasteiger partial charge in [0.2, 0.25) is 0 Å². The molecule has 0 unspecified atom stereocenters. The Morgan fingerprint density at radius 1 is 1.37 bits per heavy atom. The second-order valence-electron chi connectivity index (χ2n) is 5.11. The van der Waals surface area contributed by atoms with E-state index in [2.05, 4.69) is 24.1 Å². The molecule has 2 rings (SSSR count). The van der Waals surface area contributed by atoms with Gasteiger partial charge < -0.3 is 9.73 Å². The molecule has 0 saturated carbocycles. The van der Waals surface area contributed by atoms with Crippen LogP contribution in [0, 0.1) is 12.8 Å². The van der Waals surface area contributed by atoms with Crippen LogP contribution in [0.25, 0.3) is 11.3 Å². The quantitative estimate of drug-likeness (QED) is 0.897. The number of aromatic nitrogens is 1. The van der Waals surface area contributed by atoms with E-state index in [1.54, 1.807) is 0 Å². The minimum absolute atomic E-state index is 0.614. The molecular formula is C15H19ClN2O. The van der Waals surface area contributed by atoms with E-state index in [4.69, 9.17) is 16.0 Å². The van der Waals surface area contributed by atoms with Crippen molar-refractivity contribution >= 4 is 11.6 Å². The van der Waals surface area contributed by atoms with Crippen molar-refractivity contribution in [2.45, 2.75) is 27.3 Å². The van der Waals surface area contributed by atoms with Crippen molar-refractivity contribution in [3.63, 3.8) is 0 Å². The SMILES string of the molecule is Cc1ccc(Cl)cc1-c1ocnc1CNCC(C)C. The van der Waals surface area contributed by atoms with E-state index >= 15 is 0 Å². The lowest BCUT2D eigenvalue weighted by molar-refractivity contribution is 0.545. The van der Waals surface area contributed by atoms with Crippen LogP contribution in [0.3, 0.4) is 0 Å². The number of aryl methyl sites for hydroxylation is 1. The van der Waals surface area contributed by atoms with Crippen LogP contribution >= 0.6 is 11.6 Å². The number of rotatable bonds is 5. The minimum Gasteiger partial charge on any atom is -0.443 e. The molecule has 0 fully saturated rings. The third-order valence-corrected chi connectivity index (χ3v) is 3.17. The van der Waals surface area contributed by atoms with Gasteiger partial charge in [-0.25, -0.2) is 4.98 Å². The van der Waals surface area contributed by atoms with Crippen LogP contribution in [0.5, 0.6) is 0 Å². The van der Waals surface area contributed by atoms with Crippen LogP contribution in [0.1, 0.15) is 25.1 Å². The molecule has 1 aromatic heterocycles. The first-order chi connectivity index (χ1) is 9.08. The molecule has 0 atom stereocenters. The topological polar surface area (TPSA) is 38.1 Å². The smallest absolute Gasteiger partial charge is 0.181 e. The largest absolute Gasteiger partial charge is 0.443 e. The molecule has 0 spiro atoms. The van der Waals surface area contributed by atoms with Gasteiger partial charge in [0.25, 0.3) is 0 Å². The zero-order valence-corrected chi connectivity index (χ0v) is 12.3. The molecule has 1 aromatic carbocycles. The molecule has 19 heavy (non-hydrogen) atoms. The molecule has 4 heteroatoms. The number of halogens is 1. The van der Waals surface area contributed by atoms with Crippen molar-refractivity contribution in [1.82, 2.24) is 10.3 Å². The highest BCUT2D eigenvalue weighted by Gasteiger charge is 2.13. The Kier molecular flexibility index (Phi) is 4.61. The maximum absolute atomic E-state index is 6.05. The summed E-state index contributed by atoms with van der Waals surface area (Å²) in [5, 5.41) is 4.08. The lowest BCUT2D eigenvalue weighted by Crippen LogP contribution is -2.19. The highest BCUT2D eigenvalue weighted by molar-refractivity contribution is 6.30. The Hall–Kier alpha value is -1.32. The number of oxazole rings is 1. The Labute approximate surface area is 119 Å². The number of nitrogens with one attached hydrogen (secondary N) is 1. The third kappa shape index (κ3) is 3.58. The molecular weight excluding hydrogens is 260 g/mol. The molecule has 0 radical (unpaired) electrons. The Bertz CT molecular complexity index is 549. The predicted octanol–water partition coefficient (Wildman–Crippen LogP) is 4.05. The molecule has 0 aliphatic heterocycles. The zero-order valence-electron chi connectivity index (χ0n) is 11.5. The third-order valence-electron chi connectivity index (χ3n) is 2.93. The first kappa shape index (κ1) is 14.1. The van der Waals surface area contributed by atoms with E-state index in [0.717, 1.165) is 29.1 Å². The average Bonchev–Trinajstić information content (AvgIpc) is 2.80. The Morgan fingerprint density at radius 3 is 2.89 bits per heavy atom. The molecule has 2 aromatic rings. The van der Waals surface area contributed by atoms with Gasteiger partial charge >= 0.3 is 0 Å². The maximum atomic E-state index is 6.05. The van der Waals surface area contributed by atoms with Crippen LogP contribution in [-0.2, 0) is 6.54 Å². The monoisotopic (exact) mass is 278 g/mol. The standard InChI is InChI=1S/C15H19ClN2O/c1-10(2)7-17-8-14-15(19-9-18-14)13-6-12(16)5-4-11(13)3/h4-6,9-10,17H,7-8H2,1-3H3. The number of nitrogens with zero attached hydrogens (tertiary/aromatic N) is 1. The van der Waals surface area contributed by atoms with Gasteiger partial charge in [-0.15, -0.1) is 0 Å². The van der Waals surface area contributed by atoms with E-state index in [-0.39, 0.29) is 0 Å². The van der Waals surface area contributed by atoms with Gasteiger partial charge in [0.15, 0.2) is 12.2 Å². The molecule has 0 bridgehead atoms. The summed E-state index contributed by atoms with van der Waals surface area (Å²) in [7, 11) is 0. The van der Waals surface area contributed by atoms with Crippen LogP contribution in [0.4, 0.5) is 0 Å². The summed E-state index contributed by atoms with van der Waals surface area (Å²) in [5.41, 5.74) is 3.06. The second kappa shape index (κ2) is 6.22. The first-order valence-corrected chi connectivity index (χ1v) is 6.85. The van der Waals surface area contributed by atoms with E-state index in [1.165, 1.54) is 6.39 Å². The molecule has 0 aliphatic rings. The predicted molar refractivity (Wildman–Crippen MR) is 78.2 cm³/mol. The van der Waals surface area contributed by atoms with Gasteiger partial charge in [0.1, 0.15) is 5.69 Å². The van der Waals surface area contributed by atoms with E-state index in [9.17, 15) is 0 Å². The lowest BCUT2D eigenvalue weighted by Gasteiger charge is -2.08. The van der Waals surface area contributed by atoms with Crippen molar-refractivity contribution in [3.8, 4) is 11.3 Å². The molecule has 0 amide bonds. The van der Waals surface area contributed by atoms with Crippen molar-refractivity contribution in [2.24, 2.45) is 5.92 Å². The van der Waals surface area contributed by atoms with Gasteiger partial charge in [0.05, 0.1) is 0 Å². The normalized spacial score (nSPS) is 11.2. The van der Waals surface area contributed by atoms with Crippen LogP contribution < -0.4 is 5.32 Å². The molecule has 3 nitrogen and oxygen atoms in total. The summed E-state index contributed by atoms with van der Waals surface area (Å²) < 4.78 is 5.53. The minimum atomic E-state index is 0.614. The fraction of sp³-hybridized carbons (Fsp3) is 0.400. The highest BCUT2D eigenvalue weighted by Crippen LogP contribution is 2.29. The van der Waals surface area contributed by atoms with Crippen LogP contribution in [0.15, 0.2) is 29.0 Å². The van der Waals surface area contributed by atoms with Gasteiger partial charge in [-0.05, 0) is 37.1 Å². The number of hydrogen-bond donors (Lipinski definition) is 1. The Morgan fingerprint density at radius 2 is 2.16 bits per heavy atom. The van der Waals surface area contributed by atoms with Crippen molar-refractivity contribution in [1.29, 1.82) is 0 Å². The average molecular weight is 279 g/mol. The molecule has 102 valence electrons. The summed E-state index contributed by atoms with van der Waals surface area (Å²) >= 11 is 6.05. The summed E-state index contributed by atoms with van der Waals surface area (Å²) in [6.45, 7) is 8.06. The fourth-order valence-corrected chi connectivity index (χ4v) is 2.10. The summed E-state index contributed by atoms with van der Waals surface area (Å²) in [6.07, 6.45) is 1.49. The van der Waals surface area contributed by atoms with Crippen LogP contribution in [0.2, 0.25) is 5.02 Å². The van der Waals surface area contributed by atoms with Crippen molar-refractivity contribution in [3.05, 3.63) is 40.9 Å². The highest BCUT2D eigenvalue weighted by atomic mass is 35.5. The van der Waals surface area contributed by atoms with Gasteiger partial charge in [-0.2, -0.15) is 0 Å². The Balaban J connectivity index is 2.21. The van der Waals surface area contributed by atoms with Gasteiger partial charge in [-0.3, -0.25) is 0 Å². The van der Waals surface area contributed by atoms with E-state index in [1.807, 2.05) is 25.1 Å². The summed E-state index contributed by atoms with van der Waals surface area (Å²) in [5.74, 6) is 1.42. The van der Waals surface area contributed by atoms with Gasteiger partial charge in [0, 0.05) is 17.1 Å². The van der Waals surface area contributed by atoms with E-state index < -0.39 is 0 Å². The number of hydrogen-bond acceptors (Lipinski definition) is 3. The van der Waals surface area contributed by atoms with Crippen molar-refractivity contribution < 1.29 is 4.42 Å². The van der Waals surface area contributed by atoms with Gasteiger partial charge in [-0.1, -0.05) is 31.5 Å². The first-order valence-electron chi connectivity index (χ1n) is 6.47. The lowest BCUT2D eigenvalue weighted by atomic mass is 10.1. The second-order valence-corrected chi connectivity index (χ2v) is 5.55. The maximum Gasteiger partial charge on any atom is 0.181 e. The molecule has 0 saturated heterocycles. The number of benzene rings is 1. The van der Waals surface area contributed by atoms with E-state index in [0.29, 0.717) is 17.5 Å². The van der Waals surface area contributed by atoms with Crippen molar-refractivity contribution in [2.75, 3.05) is 6.54 Å². The zero-order chi connectivity index (χ0) is 13.8. The molecule has 1 N–H and O–H groups in total. The summed E-state index contributed by atoms with van der Waals surface area (Å²) in [6, 6.07) is 5.79. The summed E-state index contributed by atoms with van der Waals surface area (Å²) in [4.78, 5) is 4.29. The fourth-order valence-electron chi connectivity index (χ4n) is 1.93.